The van der Waals surface area contributed by atoms with Gasteiger partial charge in [0.1, 0.15) is 5.82 Å². The zero-order chi connectivity index (χ0) is 21.3. The third-order valence-electron chi connectivity index (χ3n) is 4.69. The smallest absolute Gasteiger partial charge is 0.376 e. The Morgan fingerprint density at radius 1 is 1.13 bits per heavy atom. The molecule has 0 radical (unpaired) electrons. The van der Waals surface area contributed by atoms with Crippen molar-refractivity contribution >= 4 is 17.3 Å². The number of halogens is 4. The normalized spacial score (nSPS) is 14.4. The molecule has 1 fully saturated rings. The lowest BCUT2D eigenvalue weighted by Gasteiger charge is -2.17. The number of amides is 1. The van der Waals surface area contributed by atoms with Crippen molar-refractivity contribution in [1.82, 2.24) is 10.1 Å². The van der Waals surface area contributed by atoms with Gasteiger partial charge in [-0.15, -0.1) is 0 Å². The highest BCUT2D eigenvalue weighted by Gasteiger charge is 2.30. The molecule has 2 heterocycles. The Morgan fingerprint density at radius 2 is 1.90 bits per heavy atom. The predicted octanol–water partition coefficient (Wildman–Crippen LogP) is 4.63. The van der Waals surface area contributed by atoms with Gasteiger partial charge in [0.15, 0.2) is 0 Å². The maximum Gasteiger partial charge on any atom is 0.416 e. The summed E-state index contributed by atoms with van der Waals surface area (Å²) in [5.41, 5.74) is 0.309. The van der Waals surface area contributed by atoms with Gasteiger partial charge >= 0.3 is 6.18 Å². The quantitative estimate of drug-likeness (QED) is 0.610. The van der Waals surface area contributed by atoms with E-state index in [2.05, 4.69) is 15.5 Å². The minimum absolute atomic E-state index is 0.0923. The molecule has 4 rings (SSSR count). The van der Waals surface area contributed by atoms with Gasteiger partial charge in [0, 0.05) is 24.2 Å². The molecule has 0 unspecified atom stereocenters. The molecule has 6 nitrogen and oxygen atoms in total. The molecule has 1 amide bonds. The molecule has 2 aromatic carbocycles. The monoisotopic (exact) mass is 420 g/mol. The summed E-state index contributed by atoms with van der Waals surface area (Å²) in [5.74, 6) is -0.291. The Bertz CT molecular complexity index is 1060. The second kappa shape index (κ2) is 7.77. The number of nitrogens with zero attached hydrogens (tertiary/aromatic N) is 3. The summed E-state index contributed by atoms with van der Waals surface area (Å²) in [7, 11) is 0. The van der Waals surface area contributed by atoms with Gasteiger partial charge in [0.05, 0.1) is 17.8 Å². The largest absolute Gasteiger partial charge is 0.416 e. The highest BCUT2D eigenvalue weighted by atomic mass is 19.4. The van der Waals surface area contributed by atoms with E-state index in [0.717, 1.165) is 12.1 Å². The van der Waals surface area contributed by atoms with E-state index < -0.39 is 17.6 Å². The average Bonchev–Trinajstić information content (AvgIpc) is 3.35. The number of alkyl halides is 3. The van der Waals surface area contributed by atoms with E-state index in [-0.39, 0.29) is 29.9 Å². The lowest BCUT2D eigenvalue weighted by atomic mass is 10.1. The van der Waals surface area contributed by atoms with E-state index in [0.29, 0.717) is 30.6 Å². The molecule has 0 saturated carbocycles. The van der Waals surface area contributed by atoms with Crippen molar-refractivity contribution in [2.24, 2.45) is 0 Å². The second-order valence-corrected chi connectivity index (χ2v) is 6.76. The molecule has 1 aromatic heterocycles. The average molecular weight is 420 g/mol. The van der Waals surface area contributed by atoms with Gasteiger partial charge in [0.2, 0.25) is 17.6 Å². The van der Waals surface area contributed by atoms with Crippen LogP contribution in [0.3, 0.4) is 0 Å². The Morgan fingerprint density at radius 3 is 2.53 bits per heavy atom. The number of aromatic nitrogens is 2. The molecule has 1 N–H and O–H groups in total. The number of carbonyl (C=O) groups is 1. The predicted molar refractivity (Wildman–Crippen MR) is 100 cm³/mol. The highest BCUT2D eigenvalue weighted by molar-refractivity contribution is 5.95. The third-order valence-corrected chi connectivity index (χ3v) is 4.69. The number of hydrogen-bond donors (Lipinski definition) is 1. The van der Waals surface area contributed by atoms with Crippen LogP contribution in [-0.4, -0.2) is 22.6 Å². The summed E-state index contributed by atoms with van der Waals surface area (Å²) in [6.45, 7) is 0.590. The number of rotatable bonds is 5. The third kappa shape index (κ3) is 4.12. The van der Waals surface area contributed by atoms with E-state index in [4.69, 9.17) is 4.52 Å². The van der Waals surface area contributed by atoms with Crippen LogP contribution < -0.4 is 10.2 Å². The Kier molecular flexibility index (Phi) is 5.15. The van der Waals surface area contributed by atoms with E-state index in [1.165, 1.54) is 29.2 Å². The standard InChI is InChI=1S/C20H16F4N4O2/c21-15-10-14(7-8-16(15)28-9-1-2-18(28)29)25-11-17-26-19(27-30-17)12-3-5-13(6-4-12)20(22,23)24/h3-8,10,25H,1-2,9,11H2. The van der Waals surface area contributed by atoms with Crippen molar-refractivity contribution < 1.29 is 26.9 Å². The van der Waals surface area contributed by atoms with Crippen molar-refractivity contribution in [2.75, 3.05) is 16.8 Å². The number of hydrogen-bond acceptors (Lipinski definition) is 5. The van der Waals surface area contributed by atoms with Crippen LogP contribution in [0.1, 0.15) is 24.3 Å². The fourth-order valence-corrected chi connectivity index (χ4v) is 3.17. The molecule has 0 bridgehead atoms. The van der Waals surface area contributed by atoms with Crippen LogP contribution in [0.25, 0.3) is 11.4 Å². The van der Waals surface area contributed by atoms with Crippen LogP contribution in [0.15, 0.2) is 47.0 Å². The van der Waals surface area contributed by atoms with Gasteiger partial charge in [0.25, 0.3) is 0 Å². The first-order valence-corrected chi connectivity index (χ1v) is 9.15. The van der Waals surface area contributed by atoms with Crippen molar-refractivity contribution in [3.05, 3.63) is 59.7 Å². The van der Waals surface area contributed by atoms with Crippen LogP contribution >= 0.6 is 0 Å². The van der Waals surface area contributed by atoms with Gasteiger partial charge < -0.3 is 14.7 Å². The molecular weight excluding hydrogens is 404 g/mol. The first-order valence-electron chi connectivity index (χ1n) is 9.15. The maximum absolute atomic E-state index is 14.4. The molecule has 0 spiro atoms. The highest BCUT2D eigenvalue weighted by Crippen LogP contribution is 2.30. The minimum atomic E-state index is -4.42. The van der Waals surface area contributed by atoms with Gasteiger partial charge in [-0.1, -0.05) is 17.3 Å². The Balaban J connectivity index is 1.41. The lowest BCUT2D eigenvalue weighted by Crippen LogP contribution is -2.24. The summed E-state index contributed by atoms with van der Waals surface area (Å²) in [6.07, 6.45) is -3.30. The first kappa shape index (κ1) is 19.9. The number of carbonyl (C=O) groups excluding carboxylic acids is 1. The summed E-state index contributed by atoms with van der Waals surface area (Å²) in [5, 5.41) is 6.69. The molecule has 1 aliphatic rings. The summed E-state index contributed by atoms with van der Waals surface area (Å²) in [4.78, 5) is 17.3. The fraction of sp³-hybridized carbons (Fsp3) is 0.250. The van der Waals surface area contributed by atoms with Crippen LogP contribution in [0.5, 0.6) is 0 Å². The SMILES string of the molecule is O=C1CCCN1c1ccc(NCc2nc(-c3ccc(C(F)(F)F)cc3)no2)cc1F. The number of benzene rings is 2. The topological polar surface area (TPSA) is 71.3 Å². The van der Waals surface area contributed by atoms with Crippen LogP contribution in [0.2, 0.25) is 0 Å². The molecule has 0 aliphatic carbocycles. The van der Waals surface area contributed by atoms with Crippen LogP contribution in [-0.2, 0) is 17.5 Å². The second-order valence-electron chi connectivity index (χ2n) is 6.76. The Hall–Kier alpha value is -3.43. The van der Waals surface area contributed by atoms with E-state index in [1.807, 2.05) is 0 Å². The molecule has 0 atom stereocenters. The van der Waals surface area contributed by atoms with Crippen molar-refractivity contribution in [2.45, 2.75) is 25.6 Å². The van der Waals surface area contributed by atoms with Crippen LogP contribution in [0, 0.1) is 5.82 Å². The van der Waals surface area contributed by atoms with Crippen molar-refractivity contribution in [1.29, 1.82) is 0 Å². The van der Waals surface area contributed by atoms with Crippen molar-refractivity contribution in [3.63, 3.8) is 0 Å². The zero-order valence-electron chi connectivity index (χ0n) is 15.5. The van der Waals surface area contributed by atoms with Gasteiger partial charge in [-0.2, -0.15) is 18.2 Å². The summed E-state index contributed by atoms with van der Waals surface area (Å²) in [6, 6.07) is 8.85. The molecule has 156 valence electrons. The van der Waals surface area contributed by atoms with Gasteiger partial charge in [-0.25, -0.2) is 4.39 Å². The molecule has 30 heavy (non-hydrogen) atoms. The van der Waals surface area contributed by atoms with E-state index in [9.17, 15) is 22.4 Å². The van der Waals surface area contributed by atoms with E-state index in [1.54, 1.807) is 6.07 Å². The first-order chi connectivity index (χ1) is 14.3. The minimum Gasteiger partial charge on any atom is -0.376 e. The maximum atomic E-state index is 14.4. The van der Waals surface area contributed by atoms with Crippen molar-refractivity contribution in [3.8, 4) is 11.4 Å². The number of anilines is 2. The Labute approximate surface area is 168 Å². The summed E-state index contributed by atoms with van der Waals surface area (Å²) < 4.78 is 57.4. The molecule has 1 aliphatic heterocycles. The van der Waals surface area contributed by atoms with E-state index >= 15 is 0 Å². The molecule has 10 heteroatoms. The lowest BCUT2D eigenvalue weighted by molar-refractivity contribution is -0.137. The fourth-order valence-electron chi connectivity index (χ4n) is 3.17. The molecule has 1 saturated heterocycles. The van der Waals surface area contributed by atoms with Gasteiger partial charge in [-0.3, -0.25) is 4.79 Å². The molecule has 3 aromatic rings. The van der Waals surface area contributed by atoms with Crippen LogP contribution in [0.4, 0.5) is 28.9 Å². The molecular formula is C20H16F4N4O2. The number of nitrogens with one attached hydrogen (secondary N) is 1. The summed E-state index contributed by atoms with van der Waals surface area (Å²) >= 11 is 0. The van der Waals surface area contributed by atoms with Gasteiger partial charge in [-0.05, 0) is 36.8 Å². The zero-order valence-corrected chi connectivity index (χ0v) is 15.5.